The molecule has 0 atom stereocenters. The van der Waals surface area contributed by atoms with Crippen molar-refractivity contribution in [1.82, 2.24) is 4.90 Å². The number of nitrogens with two attached hydrogens (primary N) is 1. The molecule has 0 aliphatic rings. The Morgan fingerprint density at radius 2 is 2.12 bits per heavy atom. The van der Waals surface area contributed by atoms with Crippen LogP contribution in [0.3, 0.4) is 0 Å². The molecule has 0 heterocycles. The van der Waals surface area contributed by atoms with E-state index in [1.54, 1.807) is 12.1 Å². The number of nitrogens with one attached hydrogen (secondary N) is 1. The maximum atomic E-state index is 14.0. The molecule has 0 aromatic heterocycles. The van der Waals surface area contributed by atoms with Crippen molar-refractivity contribution in [2.75, 3.05) is 6.54 Å². The zero-order valence-electron chi connectivity index (χ0n) is 10.6. The lowest BCUT2D eigenvalue weighted by molar-refractivity contribution is 0.222. The number of rotatable bonds is 5. The molecule has 0 aliphatic heterocycles. The van der Waals surface area contributed by atoms with Crippen molar-refractivity contribution < 1.29 is 4.39 Å². The molecule has 1 rings (SSSR count). The minimum absolute atomic E-state index is 0.183. The van der Waals surface area contributed by atoms with Gasteiger partial charge in [-0.1, -0.05) is 19.1 Å². The van der Waals surface area contributed by atoms with Crippen LogP contribution in [0, 0.1) is 11.2 Å². The molecule has 0 saturated carbocycles. The van der Waals surface area contributed by atoms with Gasteiger partial charge in [-0.2, -0.15) is 0 Å². The van der Waals surface area contributed by atoms with E-state index in [9.17, 15) is 4.39 Å². The maximum Gasteiger partial charge on any atom is 0.138 e. The van der Waals surface area contributed by atoms with Gasteiger partial charge in [-0.25, -0.2) is 4.39 Å². The largest absolute Gasteiger partial charge is 0.384 e. The summed E-state index contributed by atoms with van der Waals surface area (Å²) in [7, 11) is 0. The lowest BCUT2D eigenvalue weighted by atomic mass is 10.1. The Balaban J connectivity index is 2.99. The molecule has 3 nitrogen and oxygen atoms in total. The molecule has 1 aromatic rings. The Morgan fingerprint density at radius 1 is 1.47 bits per heavy atom. The van der Waals surface area contributed by atoms with Crippen molar-refractivity contribution >= 4 is 5.84 Å². The first-order valence-electron chi connectivity index (χ1n) is 5.83. The normalized spacial score (nSPS) is 11.2. The number of halogens is 1. The van der Waals surface area contributed by atoms with Crippen LogP contribution in [-0.2, 0) is 6.54 Å². The second-order valence-electron chi connectivity index (χ2n) is 4.35. The van der Waals surface area contributed by atoms with Crippen molar-refractivity contribution in [2.24, 2.45) is 5.73 Å². The van der Waals surface area contributed by atoms with Gasteiger partial charge in [-0.05, 0) is 26.5 Å². The van der Waals surface area contributed by atoms with E-state index in [1.807, 2.05) is 6.92 Å². The summed E-state index contributed by atoms with van der Waals surface area (Å²) in [6.07, 6.45) is 0. The van der Waals surface area contributed by atoms with E-state index in [4.69, 9.17) is 11.1 Å². The maximum absolute atomic E-state index is 14.0. The Morgan fingerprint density at radius 3 is 2.59 bits per heavy atom. The van der Waals surface area contributed by atoms with E-state index in [-0.39, 0.29) is 17.2 Å². The van der Waals surface area contributed by atoms with Gasteiger partial charge in [0.2, 0.25) is 0 Å². The predicted octanol–water partition coefficient (Wildman–Crippen LogP) is 2.34. The summed E-state index contributed by atoms with van der Waals surface area (Å²) >= 11 is 0. The second-order valence-corrected chi connectivity index (χ2v) is 4.35. The van der Waals surface area contributed by atoms with Gasteiger partial charge in [0.15, 0.2) is 0 Å². The lowest BCUT2D eigenvalue weighted by Crippen LogP contribution is -2.30. The molecule has 1 aromatic carbocycles. The van der Waals surface area contributed by atoms with Gasteiger partial charge < -0.3 is 5.73 Å². The minimum Gasteiger partial charge on any atom is -0.384 e. The zero-order valence-corrected chi connectivity index (χ0v) is 10.6. The molecule has 3 N–H and O–H groups in total. The fourth-order valence-corrected chi connectivity index (χ4v) is 1.79. The van der Waals surface area contributed by atoms with E-state index in [2.05, 4.69) is 18.7 Å². The van der Waals surface area contributed by atoms with E-state index in [0.29, 0.717) is 18.2 Å². The Kier molecular flexibility index (Phi) is 4.63. The first kappa shape index (κ1) is 13.6. The van der Waals surface area contributed by atoms with Crippen molar-refractivity contribution in [3.63, 3.8) is 0 Å². The molecule has 94 valence electrons. The molecule has 0 unspecified atom stereocenters. The highest BCUT2D eigenvalue weighted by molar-refractivity contribution is 5.95. The number of nitrogens with zero attached hydrogens (tertiary/aromatic N) is 1. The van der Waals surface area contributed by atoms with E-state index in [0.717, 1.165) is 6.54 Å². The second kappa shape index (κ2) is 5.77. The molecule has 0 amide bonds. The van der Waals surface area contributed by atoms with Gasteiger partial charge in [0.1, 0.15) is 11.7 Å². The summed E-state index contributed by atoms with van der Waals surface area (Å²) in [5.74, 6) is -0.601. The molecule has 0 radical (unpaired) electrons. The van der Waals surface area contributed by atoms with Crippen LogP contribution < -0.4 is 5.73 Å². The molecule has 4 heteroatoms. The number of hydrogen-bond acceptors (Lipinski definition) is 2. The van der Waals surface area contributed by atoms with Crippen molar-refractivity contribution in [3.05, 3.63) is 35.1 Å². The van der Waals surface area contributed by atoms with E-state index >= 15 is 0 Å². The standard InChI is InChI=1S/C13H20FN3/c1-4-17(9(2)3)8-10-6-5-7-11(12(10)14)13(15)16/h5-7,9H,4,8H2,1-3H3,(H3,15,16). The molecular formula is C13H20FN3. The number of nitrogen functional groups attached to an aromatic ring is 1. The van der Waals surface area contributed by atoms with E-state index in [1.165, 1.54) is 6.07 Å². The fourth-order valence-electron chi connectivity index (χ4n) is 1.79. The number of hydrogen-bond donors (Lipinski definition) is 2. The van der Waals surface area contributed by atoms with Gasteiger partial charge in [0.05, 0.1) is 5.56 Å². The van der Waals surface area contributed by atoms with Crippen LogP contribution in [0.4, 0.5) is 4.39 Å². The van der Waals surface area contributed by atoms with Gasteiger partial charge >= 0.3 is 0 Å². The van der Waals surface area contributed by atoms with Crippen molar-refractivity contribution in [1.29, 1.82) is 5.41 Å². The SMILES string of the molecule is CCN(Cc1cccc(C(=N)N)c1F)C(C)C. The van der Waals surface area contributed by atoms with Gasteiger partial charge in [-0.15, -0.1) is 0 Å². The number of benzene rings is 1. The van der Waals surface area contributed by atoms with Crippen LogP contribution >= 0.6 is 0 Å². The van der Waals surface area contributed by atoms with Crippen LogP contribution in [-0.4, -0.2) is 23.3 Å². The lowest BCUT2D eigenvalue weighted by Gasteiger charge is -2.25. The monoisotopic (exact) mass is 237 g/mol. The van der Waals surface area contributed by atoms with Crippen molar-refractivity contribution in [3.8, 4) is 0 Å². The van der Waals surface area contributed by atoms with Crippen LogP contribution in [0.5, 0.6) is 0 Å². The molecule has 0 spiro atoms. The molecule has 0 fully saturated rings. The molecule has 17 heavy (non-hydrogen) atoms. The highest BCUT2D eigenvalue weighted by Crippen LogP contribution is 2.15. The summed E-state index contributed by atoms with van der Waals surface area (Å²) in [6, 6.07) is 5.38. The fraction of sp³-hybridized carbons (Fsp3) is 0.462. The average molecular weight is 237 g/mol. The Hall–Kier alpha value is -1.42. The first-order valence-corrected chi connectivity index (χ1v) is 5.83. The van der Waals surface area contributed by atoms with E-state index < -0.39 is 0 Å². The first-order chi connectivity index (χ1) is 7.97. The molecular weight excluding hydrogens is 217 g/mol. The van der Waals surface area contributed by atoms with Gasteiger partial charge in [0, 0.05) is 18.2 Å². The average Bonchev–Trinajstić information content (AvgIpc) is 2.26. The molecule has 0 aliphatic carbocycles. The summed E-state index contributed by atoms with van der Waals surface area (Å²) in [6.45, 7) is 7.61. The zero-order chi connectivity index (χ0) is 13.0. The third-order valence-electron chi connectivity index (χ3n) is 2.88. The van der Waals surface area contributed by atoms with Crippen LogP contribution in [0.15, 0.2) is 18.2 Å². The smallest absolute Gasteiger partial charge is 0.138 e. The quantitative estimate of drug-likeness (QED) is 0.610. The summed E-state index contributed by atoms with van der Waals surface area (Å²) < 4.78 is 14.0. The Bertz CT molecular complexity index is 402. The molecule has 0 saturated heterocycles. The van der Waals surface area contributed by atoms with Crippen LogP contribution in [0.1, 0.15) is 31.9 Å². The van der Waals surface area contributed by atoms with Gasteiger partial charge in [0.25, 0.3) is 0 Å². The third-order valence-corrected chi connectivity index (χ3v) is 2.88. The summed E-state index contributed by atoms with van der Waals surface area (Å²) in [5, 5.41) is 7.31. The summed E-state index contributed by atoms with van der Waals surface area (Å²) in [5.41, 5.74) is 6.11. The van der Waals surface area contributed by atoms with Gasteiger partial charge in [-0.3, -0.25) is 10.3 Å². The Labute approximate surface area is 102 Å². The predicted molar refractivity (Wildman–Crippen MR) is 68.6 cm³/mol. The van der Waals surface area contributed by atoms with Crippen LogP contribution in [0.25, 0.3) is 0 Å². The third kappa shape index (κ3) is 3.27. The minimum atomic E-state index is -0.376. The van der Waals surface area contributed by atoms with Crippen LogP contribution in [0.2, 0.25) is 0 Å². The highest BCUT2D eigenvalue weighted by Gasteiger charge is 2.14. The topological polar surface area (TPSA) is 53.1 Å². The molecule has 0 bridgehead atoms. The highest BCUT2D eigenvalue weighted by atomic mass is 19.1. The summed E-state index contributed by atoms with van der Waals surface area (Å²) in [4.78, 5) is 2.16. The van der Waals surface area contributed by atoms with Crippen molar-refractivity contribution in [2.45, 2.75) is 33.4 Å². The number of amidine groups is 1.